The van der Waals surface area contributed by atoms with Gasteiger partial charge in [0.2, 0.25) is 0 Å². The van der Waals surface area contributed by atoms with Gasteiger partial charge >= 0.3 is 0 Å². The van der Waals surface area contributed by atoms with Crippen LogP contribution in [-0.4, -0.2) is 0 Å². The molecule has 0 N–H and O–H groups in total. The van der Waals surface area contributed by atoms with E-state index in [4.69, 9.17) is 8.83 Å². The second-order valence-electron chi connectivity index (χ2n) is 9.42. The first-order chi connectivity index (χ1) is 18.3. The minimum Gasteiger partial charge on any atom is -0.456 e. The molecule has 0 saturated heterocycles. The van der Waals surface area contributed by atoms with Gasteiger partial charge in [0.15, 0.2) is 0 Å². The van der Waals surface area contributed by atoms with Gasteiger partial charge in [-0.3, -0.25) is 0 Å². The molecule has 3 nitrogen and oxygen atoms in total. The third kappa shape index (κ3) is 3.14. The van der Waals surface area contributed by atoms with Crippen LogP contribution < -0.4 is 4.90 Å². The predicted molar refractivity (Wildman–Crippen MR) is 153 cm³/mol. The van der Waals surface area contributed by atoms with Crippen molar-refractivity contribution in [2.45, 2.75) is 0 Å². The van der Waals surface area contributed by atoms with Crippen LogP contribution in [0.2, 0.25) is 0 Å². The second-order valence-corrected chi connectivity index (χ2v) is 9.42. The fourth-order valence-electron chi connectivity index (χ4n) is 5.47. The number of fused-ring (bicyclic) bond motifs is 7. The van der Waals surface area contributed by atoms with Gasteiger partial charge in [0.25, 0.3) is 0 Å². The summed E-state index contributed by atoms with van der Waals surface area (Å²) in [4.78, 5) is 2.31. The number of furan rings is 2. The smallest absolute Gasteiger partial charge is 0.135 e. The van der Waals surface area contributed by atoms with E-state index in [1.807, 2.05) is 24.3 Å². The third-order valence-corrected chi connectivity index (χ3v) is 7.23. The topological polar surface area (TPSA) is 29.5 Å². The van der Waals surface area contributed by atoms with E-state index in [1.165, 1.54) is 10.8 Å². The molecule has 8 rings (SSSR count). The zero-order valence-corrected chi connectivity index (χ0v) is 19.9. The van der Waals surface area contributed by atoms with Crippen molar-refractivity contribution >= 4 is 71.7 Å². The molecule has 174 valence electrons. The maximum Gasteiger partial charge on any atom is 0.135 e. The minimum atomic E-state index is 0.889. The molecule has 2 aromatic heterocycles. The van der Waals surface area contributed by atoms with Crippen molar-refractivity contribution in [2.24, 2.45) is 0 Å². The molecule has 0 fully saturated rings. The number of hydrogen-bond donors (Lipinski definition) is 0. The SMILES string of the molecule is c1ccc2cc(N(c3ccc4oc5ccccc5c4c3)c3ccc4oc5ccccc5c4c3)ccc2c1. The van der Waals surface area contributed by atoms with E-state index in [9.17, 15) is 0 Å². The number of anilines is 3. The van der Waals surface area contributed by atoms with Crippen molar-refractivity contribution < 1.29 is 8.83 Å². The highest BCUT2D eigenvalue weighted by molar-refractivity contribution is 6.08. The standard InChI is InChI=1S/C34H21NO2/c1-2-8-23-19-24(14-13-22(23)7-1)35(25-15-17-33-29(20-25)27-9-3-5-11-31(27)36-33)26-16-18-34-30(21-26)28-10-4-6-12-32(28)37-34/h1-21H. The maximum atomic E-state index is 6.12. The normalized spacial score (nSPS) is 11.8. The summed E-state index contributed by atoms with van der Waals surface area (Å²) in [6, 6.07) is 44.4. The molecule has 8 aromatic rings. The number of nitrogens with zero attached hydrogens (tertiary/aromatic N) is 1. The predicted octanol–water partition coefficient (Wildman–Crippen LogP) is 10.1. The molecule has 0 aliphatic carbocycles. The number of rotatable bonds is 3. The maximum absolute atomic E-state index is 6.12. The van der Waals surface area contributed by atoms with Crippen LogP contribution in [0.1, 0.15) is 0 Å². The Hall–Kier alpha value is -5.02. The van der Waals surface area contributed by atoms with Crippen LogP contribution >= 0.6 is 0 Å². The summed E-state index contributed by atoms with van der Waals surface area (Å²) in [7, 11) is 0. The van der Waals surface area contributed by atoms with Crippen LogP contribution in [0.5, 0.6) is 0 Å². The first-order valence-electron chi connectivity index (χ1n) is 12.4. The van der Waals surface area contributed by atoms with Crippen LogP contribution in [0.25, 0.3) is 54.6 Å². The van der Waals surface area contributed by atoms with Gasteiger partial charge in [-0.2, -0.15) is 0 Å². The lowest BCUT2D eigenvalue weighted by atomic mass is 10.1. The molecule has 0 unspecified atom stereocenters. The molecule has 0 amide bonds. The molecule has 6 aromatic carbocycles. The molecule has 0 radical (unpaired) electrons. The Morgan fingerprint density at radius 2 is 0.811 bits per heavy atom. The molecule has 0 spiro atoms. The summed E-state index contributed by atoms with van der Waals surface area (Å²) >= 11 is 0. The fraction of sp³-hybridized carbons (Fsp3) is 0. The second kappa shape index (κ2) is 7.74. The molecule has 3 heteroatoms. The van der Waals surface area contributed by atoms with Crippen molar-refractivity contribution in [3.05, 3.63) is 127 Å². The van der Waals surface area contributed by atoms with Gasteiger partial charge < -0.3 is 13.7 Å². The van der Waals surface area contributed by atoms with Gasteiger partial charge in [-0.25, -0.2) is 0 Å². The number of hydrogen-bond acceptors (Lipinski definition) is 3. The van der Waals surface area contributed by atoms with E-state index in [0.717, 1.165) is 60.9 Å². The van der Waals surface area contributed by atoms with Crippen LogP contribution in [-0.2, 0) is 0 Å². The molecular formula is C34H21NO2. The Morgan fingerprint density at radius 1 is 0.351 bits per heavy atom. The summed E-state index contributed by atoms with van der Waals surface area (Å²) in [5.41, 5.74) is 6.82. The summed E-state index contributed by atoms with van der Waals surface area (Å²) in [6.07, 6.45) is 0. The summed E-state index contributed by atoms with van der Waals surface area (Å²) in [6.45, 7) is 0. The van der Waals surface area contributed by atoms with E-state index >= 15 is 0 Å². The van der Waals surface area contributed by atoms with Crippen molar-refractivity contribution in [1.82, 2.24) is 0 Å². The van der Waals surface area contributed by atoms with Crippen LogP contribution in [0.3, 0.4) is 0 Å². The average Bonchev–Trinajstić information content (AvgIpc) is 3.51. The van der Waals surface area contributed by atoms with Crippen molar-refractivity contribution in [1.29, 1.82) is 0 Å². The van der Waals surface area contributed by atoms with E-state index in [1.54, 1.807) is 0 Å². The molecule has 0 atom stereocenters. The Balaban J connectivity index is 1.40. The van der Waals surface area contributed by atoms with E-state index in [2.05, 4.69) is 108 Å². The fourth-order valence-corrected chi connectivity index (χ4v) is 5.47. The molecule has 0 aliphatic heterocycles. The highest BCUT2D eigenvalue weighted by Gasteiger charge is 2.17. The van der Waals surface area contributed by atoms with Crippen LogP contribution in [0, 0.1) is 0 Å². The highest BCUT2D eigenvalue weighted by Crippen LogP contribution is 2.41. The summed E-state index contributed by atoms with van der Waals surface area (Å²) < 4.78 is 12.2. The average molecular weight is 476 g/mol. The van der Waals surface area contributed by atoms with Gasteiger partial charge in [0.05, 0.1) is 0 Å². The van der Waals surface area contributed by atoms with Gasteiger partial charge in [-0.1, -0.05) is 66.7 Å². The summed E-state index contributed by atoms with van der Waals surface area (Å²) in [5, 5.41) is 6.87. The third-order valence-electron chi connectivity index (χ3n) is 7.23. The molecule has 0 aliphatic rings. The van der Waals surface area contributed by atoms with E-state index in [0.29, 0.717) is 0 Å². The zero-order valence-electron chi connectivity index (χ0n) is 19.9. The highest BCUT2D eigenvalue weighted by atomic mass is 16.3. The van der Waals surface area contributed by atoms with Crippen molar-refractivity contribution in [2.75, 3.05) is 4.90 Å². The van der Waals surface area contributed by atoms with Crippen molar-refractivity contribution in [3.8, 4) is 0 Å². The Bertz CT molecular complexity index is 2000. The Kier molecular flexibility index (Phi) is 4.23. The van der Waals surface area contributed by atoms with Crippen LogP contribution in [0.4, 0.5) is 17.1 Å². The monoisotopic (exact) mass is 475 g/mol. The zero-order chi connectivity index (χ0) is 24.3. The Labute approximate surface area is 212 Å². The lowest BCUT2D eigenvalue weighted by molar-refractivity contribution is 0.668. The van der Waals surface area contributed by atoms with Gasteiger partial charge in [-0.15, -0.1) is 0 Å². The molecule has 0 bridgehead atoms. The van der Waals surface area contributed by atoms with Gasteiger partial charge in [0.1, 0.15) is 22.3 Å². The molecular weight excluding hydrogens is 454 g/mol. The first kappa shape index (κ1) is 20.2. The summed E-state index contributed by atoms with van der Waals surface area (Å²) in [5.74, 6) is 0. The first-order valence-corrected chi connectivity index (χ1v) is 12.4. The van der Waals surface area contributed by atoms with Gasteiger partial charge in [-0.05, 0) is 71.4 Å². The minimum absolute atomic E-state index is 0.889. The molecule has 0 saturated carbocycles. The lowest BCUT2D eigenvalue weighted by Gasteiger charge is -2.26. The number of benzene rings is 6. The van der Waals surface area contributed by atoms with Gasteiger partial charge in [0, 0.05) is 38.6 Å². The van der Waals surface area contributed by atoms with Crippen LogP contribution in [0.15, 0.2) is 136 Å². The Morgan fingerprint density at radius 3 is 1.43 bits per heavy atom. The quantitative estimate of drug-likeness (QED) is 0.255. The largest absolute Gasteiger partial charge is 0.456 e. The van der Waals surface area contributed by atoms with Crippen molar-refractivity contribution in [3.63, 3.8) is 0 Å². The van der Waals surface area contributed by atoms with E-state index < -0.39 is 0 Å². The lowest BCUT2D eigenvalue weighted by Crippen LogP contribution is -2.09. The van der Waals surface area contributed by atoms with E-state index in [-0.39, 0.29) is 0 Å². The number of para-hydroxylation sites is 2. The molecule has 2 heterocycles. The molecule has 37 heavy (non-hydrogen) atoms.